The first-order valence-electron chi connectivity index (χ1n) is 17.8. The van der Waals surface area contributed by atoms with Crippen molar-refractivity contribution in [2.45, 2.75) is 106 Å². The molecule has 48 heavy (non-hydrogen) atoms. The van der Waals surface area contributed by atoms with E-state index in [0.29, 0.717) is 6.17 Å². The Morgan fingerprint density at radius 1 is 0.938 bits per heavy atom. The summed E-state index contributed by atoms with van der Waals surface area (Å²) in [4.78, 5) is 16.5. The minimum atomic E-state index is -1.42. The predicted molar refractivity (Wildman–Crippen MR) is 208 cm³/mol. The van der Waals surface area contributed by atoms with Gasteiger partial charge in [-0.05, 0) is 25.7 Å². The van der Waals surface area contributed by atoms with Gasteiger partial charge in [0.05, 0.1) is 5.76 Å². The Morgan fingerprint density at radius 3 is 2.12 bits per heavy atom. The average molecular weight is 905 g/mol. The molecular formula is C42H54IrNO2SeSi-. The summed E-state index contributed by atoms with van der Waals surface area (Å²) in [6.07, 6.45) is 5.24. The normalized spacial score (nSPS) is 12.8. The van der Waals surface area contributed by atoms with Crippen molar-refractivity contribution in [3.8, 4) is 11.3 Å². The molecule has 0 fully saturated rings. The topological polar surface area (TPSA) is 50.2 Å². The number of nitrogens with zero attached hydrogens (tertiary/aromatic N) is 1. The Hall–Kier alpha value is -2.33. The molecule has 2 aromatic heterocycles. The van der Waals surface area contributed by atoms with Gasteiger partial charge >= 0.3 is 200 Å². The molecule has 0 aliphatic carbocycles. The van der Waals surface area contributed by atoms with Crippen LogP contribution in [0.15, 0.2) is 66.5 Å². The van der Waals surface area contributed by atoms with Crippen LogP contribution in [0.3, 0.4) is 0 Å². The monoisotopic (exact) mass is 906 g/mol. The molecule has 5 rings (SSSR count). The van der Waals surface area contributed by atoms with Crippen molar-refractivity contribution in [1.29, 1.82) is 0 Å². The van der Waals surface area contributed by atoms with Gasteiger partial charge < -0.3 is 5.11 Å². The number of benzene rings is 3. The van der Waals surface area contributed by atoms with Crippen molar-refractivity contribution < 1.29 is 31.4 Å². The number of ketones is 1. The fourth-order valence-corrected chi connectivity index (χ4v) is 11.3. The van der Waals surface area contributed by atoms with E-state index in [-0.39, 0.29) is 63.4 Å². The third-order valence-corrected chi connectivity index (χ3v) is 14.5. The van der Waals surface area contributed by atoms with E-state index in [1.165, 1.54) is 41.9 Å². The molecule has 0 spiro atoms. The van der Waals surface area contributed by atoms with Gasteiger partial charge in [-0.25, -0.2) is 0 Å². The summed E-state index contributed by atoms with van der Waals surface area (Å²) in [5.74, 6) is 0.547. The van der Waals surface area contributed by atoms with Crippen LogP contribution in [0.2, 0.25) is 19.6 Å². The number of carbonyl (C=O) groups excluding carboxylic acids is 1. The summed E-state index contributed by atoms with van der Waals surface area (Å²) in [7, 11) is -1.42. The molecule has 0 aliphatic heterocycles. The van der Waals surface area contributed by atoms with Crippen molar-refractivity contribution >= 4 is 63.6 Å². The number of fused-ring (bicyclic) bond motifs is 4. The number of carbonyl (C=O) groups is 1. The van der Waals surface area contributed by atoms with Crippen molar-refractivity contribution in [2.75, 3.05) is 0 Å². The number of aromatic nitrogens is 1. The van der Waals surface area contributed by atoms with Gasteiger partial charge in [0.15, 0.2) is 5.78 Å². The third kappa shape index (κ3) is 8.69. The van der Waals surface area contributed by atoms with E-state index in [9.17, 15) is 9.90 Å². The van der Waals surface area contributed by atoms with Crippen LogP contribution < -0.4 is 5.19 Å². The summed E-state index contributed by atoms with van der Waals surface area (Å²) < 4.78 is 11.3. The van der Waals surface area contributed by atoms with Crippen LogP contribution in [0.1, 0.15) is 86.6 Å². The summed E-state index contributed by atoms with van der Waals surface area (Å²) >= 11 is 0.168. The molecule has 0 unspecified atom stereocenters. The molecule has 0 saturated heterocycles. The molecular weight excluding hydrogens is 850 g/mol. The first-order valence-corrected chi connectivity index (χ1v) is 22.5. The zero-order chi connectivity index (χ0) is 35.6. The van der Waals surface area contributed by atoms with Gasteiger partial charge in [0, 0.05) is 38.0 Å². The molecule has 0 atom stereocenters. The van der Waals surface area contributed by atoms with E-state index in [0.717, 1.165) is 42.3 Å². The molecule has 0 aliphatic rings. The standard InChI is InChI=1S/C29H30NSeSi.C13H24O2.Ir/c1-18-25(32(5,6)7)13-12-22-23-14-15-30-26(28(23)31-27(18)22)20-16-19-10-8-9-11-21(19)24(17-20)29(2,3)4;1-5-10(6-2)12(14)9-13(15)11(7-3)8-4;/h8-15,17H,1-7H3;9-11,14H,5-8H2,1-4H3;/q-1;;/b;12-9-;/i15D;;. The molecule has 259 valence electrons. The Bertz CT molecular complexity index is 1960. The van der Waals surface area contributed by atoms with Crippen LogP contribution in [-0.2, 0) is 30.3 Å². The maximum atomic E-state index is 11.7. The number of pyridine rings is 1. The fourth-order valence-electron chi connectivity index (χ4n) is 6.60. The van der Waals surface area contributed by atoms with E-state index in [2.05, 4.69) is 95.9 Å². The first kappa shape index (κ1) is 38.5. The molecule has 0 amide bonds. The Labute approximate surface area is 311 Å². The number of hydrogen-bond acceptors (Lipinski definition) is 3. The minimum absolute atomic E-state index is 0. The second-order valence-corrected chi connectivity index (χ2v) is 22.0. The number of hydrogen-bond donors (Lipinski definition) is 1. The second-order valence-electron chi connectivity index (χ2n) is 14.8. The number of aliphatic hydroxyl groups is 1. The molecule has 1 N–H and O–H groups in total. The van der Waals surface area contributed by atoms with Crippen LogP contribution in [0.5, 0.6) is 0 Å². The van der Waals surface area contributed by atoms with E-state index >= 15 is 0 Å². The Morgan fingerprint density at radius 2 is 1.54 bits per heavy atom. The third-order valence-electron chi connectivity index (χ3n) is 9.47. The van der Waals surface area contributed by atoms with Gasteiger partial charge in [0.1, 0.15) is 0 Å². The van der Waals surface area contributed by atoms with Crippen molar-refractivity contribution in [1.82, 2.24) is 4.98 Å². The van der Waals surface area contributed by atoms with Crippen LogP contribution in [0.4, 0.5) is 0 Å². The maximum absolute atomic E-state index is 11.7. The zero-order valence-electron chi connectivity index (χ0n) is 31.7. The summed E-state index contributed by atoms with van der Waals surface area (Å²) in [5, 5.41) is 16.2. The molecule has 5 aromatic rings. The molecule has 3 nitrogen and oxygen atoms in total. The van der Waals surface area contributed by atoms with Gasteiger partial charge in [0.25, 0.3) is 0 Å². The van der Waals surface area contributed by atoms with Gasteiger partial charge in [-0.15, -0.1) is 0 Å². The van der Waals surface area contributed by atoms with Gasteiger partial charge in [-0.1, -0.05) is 27.7 Å². The van der Waals surface area contributed by atoms with E-state index in [4.69, 9.17) is 6.35 Å². The van der Waals surface area contributed by atoms with E-state index in [1.54, 1.807) is 5.19 Å². The number of aliphatic hydroxyl groups excluding tert-OH is 1. The number of rotatable bonds is 9. The van der Waals surface area contributed by atoms with E-state index < -0.39 is 8.07 Å². The zero-order valence-corrected chi connectivity index (χ0v) is 35.8. The van der Waals surface area contributed by atoms with Crippen LogP contribution in [0.25, 0.3) is 41.3 Å². The Balaban J connectivity index is 0.000000347. The van der Waals surface area contributed by atoms with Crippen molar-refractivity contribution in [2.24, 2.45) is 11.8 Å². The molecule has 2 heterocycles. The van der Waals surface area contributed by atoms with Crippen molar-refractivity contribution in [3.05, 3.63) is 83.7 Å². The Kier molecular flexibility index (Phi) is 13.3. The van der Waals surface area contributed by atoms with Gasteiger partial charge in [0.2, 0.25) is 0 Å². The minimum Gasteiger partial charge on any atom is 0 e. The van der Waals surface area contributed by atoms with Crippen LogP contribution in [-0.4, -0.2) is 38.5 Å². The molecule has 6 heteroatoms. The van der Waals surface area contributed by atoms with Crippen LogP contribution >= 0.6 is 0 Å². The fraction of sp³-hybridized carbons (Fsp3) is 0.429. The maximum Gasteiger partial charge on any atom is 0 e. The van der Waals surface area contributed by atoms with Crippen molar-refractivity contribution in [3.63, 3.8) is 0 Å². The number of allylic oxidation sites excluding steroid dienone is 2. The number of aryl methyl sites for hydroxylation is 1. The van der Waals surface area contributed by atoms with Crippen LogP contribution in [0, 0.1) is 24.8 Å². The molecule has 3 aromatic carbocycles. The molecule has 1 radical (unpaired) electrons. The largest absolute Gasteiger partial charge is 0 e. The summed E-state index contributed by atoms with van der Waals surface area (Å²) in [6.45, 7) is 24.4. The predicted octanol–water partition coefficient (Wildman–Crippen LogP) is 11.1. The summed E-state index contributed by atoms with van der Waals surface area (Å²) in [5.41, 5.74) is 4.72. The summed E-state index contributed by atoms with van der Waals surface area (Å²) in [6, 6.07) is 21.0. The van der Waals surface area contributed by atoms with E-state index in [1.807, 2.05) is 33.8 Å². The first-order chi connectivity index (χ1) is 22.5. The molecule has 0 bridgehead atoms. The second kappa shape index (κ2) is 16.6. The van der Waals surface area contributed by atoms with Gasteiger partial charge in [-0.3, -0.25) is 4.79 Å². The smallest absolute Gasteiger partial charge is 0 e. The van der Waals surface area contributed by atoms with Gasteiger partial charge in [-0.2, -0.15) is 0 Å². The SMILES string of the molecule is CCC(CC)C(=O)/C=C(\O)C(CC)CC.[2H]c1cc2c([se]c3c(C)c([Si](C)(C)C)ccc32)c(-c2[c-]c3ccccc3c(C(C)(C)C)c2)n1.[Ir]. The molecule has 0 saturated carbocycles. The quantitative estimate of drug-likeness (QED) is 0.0694. The average Bonchev–Trinajstić information content (AvgIpc) is 3.40.